The van der Waals surface area contributed by atoms with Crippen LogP contribution in [0.4, 0.5) is 0 Å². The molecule has 0 unspecified atom stereocenters. The van der Waals surface area contributed by atoms with Crippen molar-refractivity contribution in [3.05, 3.63) is 0 Å². The van der Waals surface area contributed by atoms with Gasteiger partial charge in [-0.3, -0.25) is 9.79 Å². The van der Waals surface area contributed by atoms with Gasteiger partial charge in [0.05, 0.1) is 6.61 Å². The number of amides is 1. The van der Waals surface area contributed by atoms with Gasteiger partial charge in [-0.05, 0) is 37.5 Å². The monoisotopic (exact) mass is 480 g/mol. The number of aliphatic imine (C=N–C) groups is 1. The fourth-order valence-electron chi connectivity index (χ4n) is 3.33. The largest absolute Gasteiger partial charge is 0.379 e. The van der Waals surface area contributed by atoms with Gasteiger partial charge in [-0.2, -0.15) is 0 Å². The number of nitrogens with one attached hydrogen (secondary N) is 2. The van der Waals surface area contributed by atoms with Gasteiger partial charge in [-0.1, -0.05) is 19.3 Å². The van der Waals surface area contributed by atoms with Crippen LogP contribution in [0.25, 0.3) is 0 Å². The third-order valence-electron chi connectivity index (χ3n) is 5.12. The van der Waals surface area contributed by atoms with Crippen molar-refractivity contribution < 1.29 is 9.53 Å². The molecule has 0 saturated heterocycles. The van der Waals surface area contributed by atoms with Crippen molar-refractivity contribution in [1.29, 1.82) is 0 Å². The maximum atomic E-state index is 12.0. The molecule has 0 aromatic rings. The summed E-state index contributed by atoms with van der Waals surface area (Å²) in [6, 6.07) is 0. The summed E-state index contributed by atoms with van der Waals surface area (Å²) in [5, 5.41) is 6.32. The van der Waals surface area contributed by atoms with Crippen LogP contribution < -0.4 is 10.6 Å². The number of halogens is 1. The smallest absolute Gasteiger partial charge is 0.220 e. The normalized spacial score (nSPS) is 18.2. The number of nitrogens with zero attached hydrogens (tertiary/aromatic N) is 2. The minimum Gasteiger partial charge on any atom is -0.379 e. The molecule has 1 amide bonds. The van der Waals surface area contributed by atoms with Gasteiger partial charge in [0.1, 0.15) is 0 Å². The van der Waals surface area contributed by atoms with E-state index in [1.54, 1.807) is 7.05 Å². The first-order chi connectivity index (χ1) is 12.2. The number of carbonyl (C=O) groups excluding carboxylic acids is 1. The standard InChI is InChI=1S/C19H36N4O2.HI/c1-20-19(23(2)12-13-25-15-17-8-9-17)22-11-10-21-18(24)14-16-6-4-3-5-7-16;/h16-17H,3-15H2,1-2H3,(H,20,22)(H,21,24);1H. The molecule has 26 heavy (non-hydrogen) atoms. The quantitative estimate of drug-likeness (QED) is 0.218. The zero-order valence-electron chi connectivity index (χ0n) is 16.5. The lowest BCUT2D eigenvalue weighted by molar-refractivity contribution is -0.122. The number of hydrogen-bond acceptors (Lipinski definition) is 3. The minimum atomic E-state index is 0. The Kier molecular flexibility index (Phi) is 12.3. The Morgan fingerprint density at radius 1 is 1.08 bits per heavy atom. The van der Waals surface area contributed by atoms with Gasteiger partial charge in [0, 0.05) is 46.8 Å². The Labute approximate surface area is 175 Å². The van der Waals surface area contributed by atoms with Crippen LogP contribution in [0.5, 0.6) is 0 Å². The van der Waals surface area contributed by atoms with Crippen molar-refractivity contribution in [3.8, 4) is 0 Å². The second kappa shape index (κ2) is 13.6. The molecular formula is C19H37IN4O2. The van der Waals surface area contributed by atoms with Gasteiger partial charge in [0.15, 0.2) is 5.96 Å². The van der Waals surface area contributed by atoms with Crippen LogP contribution in [-0.4, -0.2) is 63.7 Å². The predicted molar refractivity (Wildman–Crippen MR) is 117 cm³/mol. The van der Waals surface area contributed by atoms with E-state index in [1.165, 1.54) is 44.9 Å². The minimum absolute atomic E-state index is 0. The fourth-order valence-corrected chi connectivity index (χ4v) is 3.33. The molecule has 0 aromatic carbocycles. The van der Waals surface area contributed by atoms with E-state index < -0.39 is 0 Å². The molecule has 2 fully saturated rings. The van der Waals surface area contributed by atoms with E-state index in [4.69, 9.17) is 4.74 Å². The molecular weight excluding hydrogens is 443 g/mol. The van der Waals surface area contributed by atoms with Gasteiger partial charge in [-0.25, -0.2) is 0 Å². The molecule has 2 rings (SSSR count). The summed E-state index contributed by atoms with van der Waals surface area (Å²) in [5.74, 6) is 2.43. The molecule has 2 aliphatic rings. The third-order valence-corrected chi connectivity index (χ3v) is 5.12. The first kappa shape index (κ1) is 23.5. The number of ether oxygens (including phenoxy) is 1. The summed E-state index contributed by atoms with van der Waals surface area (Å²) in [6.07, 6.45) is 9.67. The average molecular weight is 480 g/mol. The van der Waals surface area contributed by atoms with Crippen molar-refractivity contribution in [2.75, 3.05) is 46.9 Å². The Hall–Kier alpha value is -0.570. The summed E-state index contributed by atoms with van der Waals surface area (Å²) in [5.41, 5.74) is 0. The zero-order valence-corrected chi connectivity index (χ0v) is 18.8. The second-order valence-corrected chi connectivity index (χ2v) is 7.47. The van der Waals surface area contributed by atoms with Gasteiger partial charge in [-0.15, -0.1) is 24.0 Å². The molecule has 6 nitrogen and oxygen atoms in total. The van der Waals surface area contributed by atoms with Gasteiger partial charge >= 0.3 is 0 Å². The number of guanidine groups is 1. The zero-order chi connectivity index (χ0) is 17.9. The topological polar surface area (TPSA) is 66.0 Å². The van der Waals surface area contributed by atoms with Crippen molar-refractivity contribution >= 4 is 35.8 Å². The fraction of sp³-hybridized carbons (Fsp3) is 0.895. The molecule has 0 bridgehead atoms. The number of likely N-dealkylation sites (N-methyl/N-ethyl adjacent to an activating group) is 1. The van der Waals surface area contributed by atoms with Gasteiger partial charge in [0.25, 0.3) is 0 Å². The highest BCUT2D eigenvalue weighted by Gasteiger charge is 2.21. The lowest BCUT2D eigenvalue weighted by Gasteiger charge is -2.22. The van der Waals surface area contributed by atoms with Gasteiger partial charge < -0.3 is 20.3 Å². The van der Waals surface area contributed by atoms with E-state index in [1.807, 2.05) is 7.05 Å². The first-order valence-corrected chi connectivity index (χ1v) is 9.95. The molecule has 0 aliphatic heterocycles. The Bertz CT molecular complexity index is 424. The number of rotatable bonds is 10. The molecule has 7 heteroatoms. The van der Waals surface area contributed by atoms with E-state index in [0.717, 1.165) is 31.6 Å². The molecule has 0 aromatic heterocycles. The molecule has 2 N–H and O–H groups in total. The summed E-state index contributed by atoms with van der Waals surface area (Å²) in [4.78, 5) is 18.4. The van der Waals surface area contributed by atoms with E-state index >= 15 is 0 Å². The van der Waals surface area contributed by atoms with Crippen molar-refractivity contribution in [2.24, 2.45) is 16.8 Å². The Balaban J connectivity index is 0.00000338. The van der Waals surface area contributed by atoms with Crippen LogP contribution in [0.15, 0.2) is 4.99 Å². The summed E-state index contributed by atoms with van der Waals surface area (Å²) in [6.45, 7) is 3.77. The molecule has 0 atom stereocenters. The molecule has 2 saturated carbocycles. The maximum Gasteiger partial charge on any atom is 0.220 e. The van der Waals surface area contributed by atoms with Crippen LogP contribution in [0.1, 0.15) is 51.4 Å². The first-order valence-electron chi connectivity index (χ1n) is 9.95. The van der Waals surface area contributed by atoms with Crippen LogP contribution >= 0.6 is 24.0 Å². The number of carbonyl (C=O) groups is 1. The summed E-state index contributed by atoms with van der Waals surface area (Å²) >= 11 is 0. The summed E-state index contributed by atoms with van der Waals surface area (Å²) < 4.78 is 5.67. The van der Waals surface area contributed by atoms with Crippen LogP contribution in [0.2, 0.25) is 0 Å². The molecule has 0 heterocycles. The van der Waals surface area contributed by atoms with Crippen LogP contribution in [-0.2, 0) is 9.53 Å². The van der Waals surface area contributed by atoms with E-state index in [0.29, 0.717) is 25.4 Å². The lowest BCUT2D eigenvalue weighted by atomic mass is 9.87. The highest BCUT2D eigenvalue weighted by molar-refractivity contribution is 14.0. The summed E-state index contributed by atoms with van der Waals surface area (Å²) in [7, 11) is 3.79. The highest BCUT2D eigenvalue weighted by atomic mass is 127. The third kappa shape index (κ3) is 9.94. The molecule has 0 radical (unpaired) electrons. The van der Waals surface area contributed by atoms with E-state index in [2.05, 4.69) is 20.5 Å². The predicted octanol–water partition coefficient (Wildman–Crippen LogP) is 2.62. The maximum absolute atomic E-state index is 12.0. The lowest BCUT2D eigenvalue weighted by Crippen LogP contribution is -2.43. The SMILES string of the molecule is CN=C(NCCNC(=O)CC1CCCCC1)N(C)CCOCC1CC1.I. The molecule has 152 valence electrons. The van der Waals surface area contributed by atoms with Crippen molar-refractivity contribution in [1.82, 2.24) is 15.5 Å². The van der Waals surface area contributed by atoms with E-state index in [-0.39, 0.29) is 29.9 Å². The molecule has 2 aliphatic carbocycles. The molecule has 0 spiro atoms. The highest BCUT2D eigenvalue weighted by Crippen LogP contribution is 2.28. The van der Waals surface area contributed by atoms with Crippen molar-refractivity contribution in [2.45, 2.75) is 51.4 Å². The van der Waals surface area contributed by atoms with Crippen LogP contribution in [0, 0.1) is 11.8 Å². The average Bonchev–Trinajstić information content (AvgIpc) is 3.44. The second-order valence-electron chi connectivity index (χ2n) is 7.47. The number of hydrogen-bond donors (Lipinski definition) is 2. The van der Waals surface area contributed by atoms with Crippen molar-refractivity contribution in [3.63, 3.8) is 0 Å². The Morgan fingerprint density at radius 2 is 1.77 bits per heavy atom. The van der Waals surface area contributed by atoms with Gasteiger partial charge in [0.2, 0.25) is 5.91 Å². The Morgan fingerprint density at radius 3 is 2.42 bits per heavy atom. The van der Waals surface area contributed by atoms with E-state index in [9.17, 15) is 4.79 Å². The van der Waals surface area contributed by atoms with Crippen LogP contribution in [0.3, 0.4) is 0 Å².